The second kappa shape index (κ2) is 8.30. The molecule has 3 rings (SSSR count). The Morgan fingerprint density at radius 1 is 1.15 bits per heavy atom. The molecule has 0 bridgehead atoms. The third-order valence-corrected chi connectivity index (χ3v) is 4.91. The van der Waals surface area contributed by atoms with Crippen molar-refractivity contribution in [2.75, 3.05) is 32.7 Å². The molecule has 0 unspecified atom stereocenters. The molecule has 8 heteroatoms. The van der Waals surface area contributed by atoms with Crippen LogP contribution in [0, 0.1) is 10.1 Å². The number of benzene rings is 1. The minimum atomic E-state index is -0.460. The molecule has 0 saturated carbocycles. The predicted molar refractivity (Wildman–Crippen MR) is 102 cm³/mol. The minimum absolute atomic E-state index is 0.00311. The maximum Gasteiger partial charge on any atom is 0.269 e. The second-order valence-corrected chi connectivity index (χ2v) is 7.07. The highest BCUT2D eigenvalue weighted by Crippen LogP contribution is 2.15. The maximum atomic E-state index is 12.6. The molecule has 2 aromatic rings. The van der Waals surface area contributed by atoms with Crippen LogP contribution in [0.15, 0.2) is 36.7 Å². The highest BCUT2D eigenvalue weighted by atomic mass is 16.6. The molecular weight excluding hydrogens is 346 g/mol. The first-order valence-corrected chi connectivity index (χ1v) is 9.23. The molecule has 1 aliphatic heterocycles. The zero-order valence-electron chi connectivity index (χ0n) is 15.7. The van der Waals surface area contributed by atoms with Gasteiger partial charge in [-0.05, 0) is 12.1 Å². The van der Waals surface area contributed by atoms with E-state index in [1.54, 1.807) is 0 Å². The molecule has 1 saturated heterocycles. The summed E-state index contributed by atoms with van der Waals surface area (Å²) in [6.45, 7) is 9.07. The second-order valence-electron chi connectivity index (χ2n) is 7.07. The monoisotopic (exact) mass is 371 g/mol. The van der Waals surface area contributed by atoms with E-state index >= 15 is 0 Å². The molecule has 0 spiro atoms. The van der Waals surface area contributed by atoms with Gasteiger partial charge in [0.05, 0.1) is 4.92 Å². The summed E-state index contributed by atoms with van der Waals surface area (Å²) in [5.74, 6) is 1.43. The van der Waals surface area contributed by atoms with Crippen molar-refractivity contribution in [2.24, 2.45) is 0 Å². The Labute approximate surface area is 158 Å². The molecule has 0 aliphatic carbocycles. The highest BCUT2D eigenvalue weighted by Gasteiger charge is 2.22. The van der Waals surface area contributed by atoms with Gasteiger partial charge in [-0.1, -0.05) is 13.8 Å². The Balaban J connectivity index is 1.50. The molecule has 1 aliphatic rings. The molecule has 1 aromatic heterocycles. The Hall–Kier alpha value is -2.74. The Morgan fingerprint density at radius 3 is 2.41 bits per heavy atom. The molecule has 0 N–H and O–H groups in total. The van der Waals surface area contributed by atoms with Gasteiger partial charge in [0, 0.05) is 75.3 Å². The van der Waals surface area contributed by atoms with Crippen molar-refractivity contribution in [2.45, 2.75) is 26.3 Å². The molecule has 2 heterocycles. The van der Waals surface area contributed by atoms with Crippen LogP contribution in [-0.4, -0.2) is 62.9 Å². The number of carbonyl (C=O) groups is 1. The largest absolute Gasteiger partial charge is 0.336 e. The number of hydrogen-bond donors (Lipinski definition) is 0. The number of imidazole rings is 1. The normalized spacial score (nSPS) is 15.3. The van der Waals surface area contributed by atoms with Crippen molar-refractivity contribution in [1.29, 1.82) is 0 Å². The van der Waals surface area contributed by atoms with Crippen molar-refractivity contribution < 1.29 is 9.72 Å². The number of nitro groups is 1. The van der Waals surface area contributed by atoms with E-state index in [0.29, 0.717) is 24.6 Å². The fraction of sp³-hybridized carbons (Fsp3) is 0.474. The van der Waals surface area contributed by atoms with Crippen molar-refractivity contribution >= 4 is 11.6 Å². The average Bonchev–Trinajstić information content (AvgIpc) is 3.15. The standard InChI is InChI=1S/C19H25N5O3/c1-15(2)18-20-7-8-22(18)12-9-21-10-13-23(14-11-21)19(25)16-3-5-17(6-4-16)24(26)27/h3-8,15H,9-14H2,1-2H3. The number of piperazine rings is 1. The van der Waals surface area contributed by atoms with E-state index < -0.39 is 4.92 Å². The Kier molecular flexibility index (Phi) is 5.85. The van der Waals surface area contributed by atoms with Crippen LogP contribution in [0.5, 0.6) is 0 Å². The maximum absolute atomic E-state index is 12.6. The number of non-ortho nitro benzene ring substituents is 1. The van der Waals surface area contributed by atoms with Crippen molar-refractivity contribution in [3.05, 3.63) is 58.2 Å². The number of rotatable bonds is 6. The van der Waals surface area contributed by atoms with E-state index in [0.717, 1.165) is 32.0 Å². The van der Waals surface area contributed by atoms with Crippen LogP contribution in [-0.2, 0) is 6.54 Å². The first kappa shape index (κ1) is 19.0. The van der Waals surface area contributed by atoms with Gasteiger partial charge in [-0.15, -0.1) is 0 Å². The molecular formula is C19H25N5O3. The molecule has 8 nitrogen and oxygen atoms in total. The van der Waals surface area contributed by atoms with E-state index in [1.807, 2.05) is 17.3 Å². The summed E-state index contributed by atoms with van der Waals surface area (Å²) in [6, 6.07) is 5.81. The highest BCUT2D eigenvalue weighted by molar-refractivity contribution is 5.94. The topological polar surface area (TPSA) is 84.5 Å². The molecule has 0 atom stereocenters. The summed E-state index contributed by atoms with van der Waals surface area (Å²) >= 11 is 0. The van der Waals surface area contributed by atoms with E-state index in [-0.39, 0.29) is 11.6 Å². The van der Waals surface area contributed by atoms with E-state index in [9.17, 15) is 14.9 Å². The lowest BCUT2D eigenvalue weighted by Crippen LogP contribution is -2.49. The minimum Gasteiger partial charge on any atom is -0.336 e. The van der Waals surface area contributed by atoms with Gasteiger partial charge in [0.15, 0.2) is 0 Å². The van der Waals surface area contributed by atoms with Crippen LogP contribution < -0.4 is 0 Å². The summed E-state index contributed by atoms with van der Waals surface area (Å²) in [4.78, 5) is 31.4. The predicted octanol–water partition coefficient (Wildman–Crippen LogP) is 2.37. The summed E-state index contributed by atoms with van der Waals surface area (Å²) in [7, 11) is 0. The summed E-state index contributed by atoms with van der Waals surface area (Å²) in [5, 5.41) is 10.7. The fourth-order valence-corrected chi connectivity index (χ4v) is 3.34. The lowest BCUT2D eigenvalue weighted by Gasteiger charge is -2.35. The number of nitro benzene ring substituents is 1. The van der Waals surface area contributed by atoms with Crippen LogP contribution in [0.3, 0.4) is 0 Å². The van der Waals surface area contributed by atoms with Gasteiger partial charge >= 0.3 is 0 Å². The van der Waals surface area contributed by atoms with Gasteiger partial charge in [-0.2, -0.15) is 0 Å². The summed E-state index contributed by atoms with van der Waals surface area (Å²) < 4.78 is 2.19. The van der Waals surface area contributed by atoms with Gasteiger partial charge in [0.1, 0.15) is 5.82 Å². The van der Waals surface area contributed by atoms with Crippen molar-refractivity contribution in [3.8, 4) is 0 Å². The van der Waals surface area contributed by atoms with Crippen LogP contribution >= 0.6 is 0 Å². The van der Waals surface area contributed by atoms with Gasteiger partial charge in [-0.3, -0.25) is 19.8 Å². The van der Waals surface area contributed by atoms with Gasteiger partial charge in [0.25, 0.3) is 11.6 Å². The Bertz CT molecular complexity index is 792. The summed E-state index contributed by atoms with van der Waals surface area (Å²) in [6.07, 6.45) is 3.86. The van der Waals surface area contributed by atoms with Crippen LogP contribution in [0.25, 0.3) is 0 Å². The van der Waals surface area contributed by atoms with Gasteiger partial charge in [0.2, 0.25) is 0 Å². The van der Waals surface area contributed by atoms with Crippen LogP contribution in [0.2, 0.25) is 0 Å². The molecule has 27 heavy (non-hydrogen) atoms. The number of hydrogen-bond acceptors (Lipinski definition) is 5. The smallest absolute Gasteiger partial charge is 0.269 e. The van der Waals surface area contributed by atoms with Gasteiger partial charge in [-0.25, -0.2) is 4.98 Å². The number of carbonyl (C=O) groups excluding carboxylic acids is 1. The first-order chi connectivity index (χ1) is 13.0. The lowest BCUT2D eigenvalue weighted by molar-refractivity contribution is -0.384. The fourth-order valence-electron chi connectivity index (χ4n) is 3.34. The van der Waals surface area contributed by atoms with E-state index in [2.05, 4.69) is 28.3 Å². The first-order valence-electron chi connectivity index (χ1n) is 9.23. The molecule has 1 amide bonds. The average molecular weight is 371 g/mol. The van der Waals surface area contributed by atoms with Gasteiger partial charge < -0.3 is 9.47 Å². The quantitative estimate of drug-likeness (QED) is 0.575. The van der Waals surface area contributed by atoms with Crippen LogP contribution in [0.4, 0.5) is 5.69 Å². The molecule has 144 valence electrons. The van der Waals surface area contributed by atoms with Crippen molar-refractivity contribution in [1.82, 2.24) is 19.4 Å². The molecule has 1 aromatic carbocycles. The SMILES string of the molecule is CC(C)c1nccn1CCN1CCN(C(=O)c2ccc([N+](=O)[O-])cc2)CC1. The summed E-state index contributed by atoms with van der Waals surface area (Å²) in [5.41, 5.74) is 0.491. The third kappa shape index (κ3) is 4.51. The van der Waals surface area contributed by atoms with E-state index in [4.69, 9.17) is 0 Å². The number of amides is 1. The molecule has 0 radical (unpaired) electrons. The van der Waals surface area contributed by atoms with Crippen LogP contribution in [0.1, 0.15) is 35.9 Å². The number of aromatic nitrogens is 2. The zero-order chi connectivity index (χ0) is 19.4. The lowest BCUT2D eigenvalue weighted by atomic mass is 10.1. The third-order valence-electron chi connectivity index (χ3n) is 4.91. The zero-order valence-corrected chi connectivity index (χ0v) is 15.7. The number of nitrogens with zero attached hydrogens (tertiary/aromatic N) is 5. The molecule has 1 fully saturated rings. The Morgan fingerprint density at radius 2 is 1.81 bits per heavy atom. The van der Waals surface area contributed by atoms with Crippen molar-refractivity contribution in [3.63, 3.8) is 0 Å². The van der Waals surface area contributed by atoms with E-state index in [1.165, 1.54) is 24.3 Å².